The fourth-order valence-electron chi connectivity index (χ4n) is 4.12. The smallest absolute Gasteiger partial charge is 0.251 e. The van der Waals surface area contributed by atoms with Crippen LogP contribution in [0.1, 0.15) is 37.0 Å². The van der Waals surface area contributed by atoms with Crippen LogP contribution in [-0.4, -0.2) is 56.0 Å². The van der Waals surface area contributed by atoms with E-state index >= 15 is 0 Å². The summed E-state index contributed by atoms with van der Waals surface area (Å²) < 4.78 is 5.13. The van der Waals surface area contributed by atoms with Crippen LogP contribution in [0, 0.1) is 17.8 Å². The number of nitrogens with one attached hydrogen (secondary N) is 2. The van der Waals surface area contributed by atoms with Gasteiger partial charge in [0.2, 0.25) is 5.91 Å². The number of fused-ring (bicyclic) bond motifs is 1. The Bertz CT molecular complexity index is 651. The molecule has 6 nitrogen and oxygen atoms in total. The Labute approximate surface area is 173 Å². The van der Waals surface area contributed by atoms with Gasteiger partial charge in [0.15, 0.2) is 0 Å². The van der Waals surface area contributed by atoms with Gasteiger partial charge in [0.05, 0.1) is 7.11 Å². The van der Waals surface area contributed by atoms with Gasteiger partial charge in [-0.3, -0.25) is 9.59 Å². The molecule has 0 spiro atoms. The molecule has 2 N–H and O–H groups in total. The van der Waals surface area contributed by atoms with E-state index in [0.29, 0.717) is 23.1 Å². The molecule has 3 rings (SSSR count). The molecule has 0 aliphatic carbocycles. The average Bonchev–Trinajstić information content (AvgIpc) is 3.03. The number of amides is 2. The molecule has 2 amide bonds. The number of likely N-dealkylation sites (tertiary alicyclic amines) is 1. The van der Waals surface area contributed by atoms with Crippen LogP contribution in [0.25, 0.3) is 0 Å². The number of nitrogens with zero attached hydrogens (tertiary/aromatic N) is 1. The maximum absolute atomic E-state index is 13.2. The zero-order valence-corrected chi connectivity index (χ0v) is 17.8. The Hall–Kier alpha value is -1.79. The number of hydrogen-bond acceptors (Lipinski definition) is 4. The largest absolute Gasteiger partial charge is 0.497 e. The van der Waals surface area contributed by atoms with Gasteiger partial charge in [-0.25, -0.2) is 0 Å². The van der Waals surface area contributed by atoms with Crippen LogP contribution in [0.4, 0.5) is 0 Å². The van der Waals surface area contributed by atoms with Gasteiger partial charge in [0.25, 0.3) is 5.91 Å². The lowest BCUT2D eigenvalue weighted by Gasteiger charge is -2.29. The minimum Gasteiger partial charge on any atom is -0.497 e. The summed E-state index contributed by atoms with van der Waals surface area (Å²) in [4.78, 5) is 27.8. The van der Waals surface area contributed by atoms with Crippen LogP contribution in [0.3, 0.4) is 0 Å². The topological polar surface area (TPSA) is 70.7 Å². The van der Waals surface area contributed by atoms with Gasteiger partial charge >= 0.3 is 0 Å². The predicted molar refractivity (Wildman–Crippen MR) is 112 cm³/mol. The van der Waals surface area contributed by atoms with E-state index in [0.717, 1.165) is 39.0 Å². The lowest BCUT2D eigenvalue weighted by molar-refractivity contribution is -0.134. The number of ether oxygens (including phenoxy) is 1. The molecule has 2 saturated heterocycles. The lowest BCUT2D eigenvalue weighted by atomic mass is 9.92. The molecule has 156 valence electrons. The second-order valence-corrected chi connectivity index (χ2v) is 8.00. The van der Waals surface area contributed by atoms with Crippen LogP contribution in [0.2, 0.25) is 0 Å². The first-order chi connectivity index (χ1) is 13.0. The number of rotatable bonds is 5. The quantitative estimate of drug-likeness (QED) is 0.783. The molecular formula is C21H32ClN3O3. The van der Waals surface area contributed by atoms with E-state index in [9.17, 15) is 9.59 Å². The molecule has 0 bridgehead atoms. The number of carbonyl (C=O) groups is 2. The third-order valence-corrected chi connectivity index (χ3v) is 5.90. The second-order valence-electron chi connectivity index (χ2n) is 8.00. The van der Waals surface area contributed by atoms with E-state index in [1.165, 1.54) is 0 Å². The van der Waals surface area contributed by atoms with Crippen molar-refractivity contribution in [2.75, 3.05) is 33.3 Å². The van der Waals surface area contributed by atoms with Crippen molar-refractivity contribution in [2.45, 2.75) is 32.7 Å². The summed E-state index contributed by atoms with van der Waals surface area (Å²) in [5, 5.41) is 6.41. The van der Waals surface area contributed by atoms with Crippen molar-refractivity contribution in [1.29, 1.82) is 0 Å². The van der Waals surface area contributed by atoms with Crippen LogP contribution in [0.15, 0.2) is 24.3 Å². The van der Waals surface area contributed by atoms with Gasteiger partial charge in [0.1, 0.15) is 11.8 Å². The molecule has 2 aliphatic heterocycles. The SMILES string of the molecule is COc1ccc(C(=O)NC(C(=O)N2CC[C@@H]3CNC[C@@H]3CC2)C(C)C)cc1.Cl. The summed E-state index contributed by atoms with van der Waals surface area (Å²) in [6.45, 7) is 7.65. The third-order valence-electron chi connectivity index (χ3n) is 5.90. The number of hydrogen-bond donors (Lipinski definition) is 2. The predicted octanol–water partition coefficient (Wildman–Crippen LogP) is 2.33. The van der Waals surface area contributed by atoms with Crippen molar-refractivity contribution >= 4 is 24.2 Å². The zero-order valence-electron chi connectivity index (χ0n) is 16.9. The van der Waals surface area contributed by atoms with E-state index in [1.807, 2.05) is 18.7 Å². The van der Waals surface area contributed by atoms with E-state index in [-0.39, 0.29) is 30.1 Å². The Morgan fingerprint density at radius 3 is 2.18 bits per heavy atom. The van der Waals surface area contributed by atoms with Gasteiger partial charge in [-0.05, 0) is 68.0 Å². The molecule has 1 aromatic carbocycles. The molecule has 28 heavy (non-hydrogen) atoms. The zero-order chi connectivity index (χ0) is 19.4. The van der Waals surface area contributed by atoms with Crippen LogP contribution < -0.4 is 15.4 Å². The Morgan fingerprint density at radius 1 is 1.11 bits per heavy atom. The molecule has 1 aromatic rings. The number of benzene rings is 1. The van der Waals surface area contributed by atoms with Gasteiger partial charge < -0.3 is 20.3 Å². The van der Waals surface area contributed by atoms with Crippen LogP contribution in [-0.2, 0) is 4.79 Å². The Balaban J connectivity index is 0.00000280. The van der Waals surface area contributed by atoms with Crippen molar-refractivity contribution in [3.63, 3.8) is 0 Å². The molecule has 0 aromatic heterocycles. The molecule has 2 fully saturated rings. The minimum absolute atomic E-state index is 0. The standard InChI is InChI=1S/C21H31N3O3.ClH/c1-14(2)19(23-20(25)15-4-6-18(27-3)7-5-15)21(26)24-10-8-16-12-22-13-17(16)9-11-24;/h4-7,14,16-17,19,22H,8-13H2,1-3H3,(H,23,25);1H/t16-,17+,19?;. The monoisotopic (exact) mass is 409 g/mol. The first-order valence-corrected chi connectivity index (χ1v) is 9.94. The number of halogens is 1. The summed E-state index contributed by atoms with van der Waals surface area (Å²) in [6.07, 6.45) is 2.08. The lowest BCUT2D eigenvalue weighted by Crippen LogP contribution is -2.51. The van der Waals surface area contributed by atoms with Gasteiger partial charge in [-0.2, -0.15) is 0 Å². The third kappa shape index (κ3) is 5.17. The molecule has 7 heteroatoms. The maximum atomic E-state index is 13.2. The molecule has 2 heterocycles. The molecule has 0 radical (unpaired) electrons. The van der Waals surface area contributed by atoms with E-state index in [2.05, 4.69) is 10.6 Å². The molecular weight excluding hydrogens is 378 g/mol. The van der Waals surface area contributed by atoms with Crippen molar-refractivity contribution in [2.24, 2.45) is 17.8 Å². The summed E-state index contributed by atoms with van der Waals surface area (Å²) in [6, 6.07) is 6.44. The fraction of sp³-hybridized carbons (Fsp3) is 0.619. The van der Waals surface area contributed by atoms with E-state index in [4.69, 9.17) is 4.74 Å². The fourth-order valence-corrected chi connectivity index (χ4v) is 4.12. The summed E-state index contributed by atoms with van der Waals surface area (Å²) in [5.41, 5.74) is 0.533. The normalized spacial score (nSPS) is 22.6. The van der Waals surface area contributed by atoms with E-state index < -0.39 is 6.04 Å². The summed E-state index contributed by atoms with van der Waals surface area (Å²) in [5.74, 6) is 1.90. The van der Waals surface area contributed by atoms with Gasteiger partial charge in [0, 0.05) is 18.7 Å². The number of carbonyl (C=O) groups excluding carboxylic acids is 2. The highest BCUT2D eigenvalue weighted by Gasteiger charge is 2.34. The minimum atomic E-state index is -0.504. The first-order valence-electron chi connectivity index (χ1n) is 9.94. The van der Waals surface area contributed by atoms with Gasteiger partial charge in [-0.1, -0.05) is 13.8 Å². The van der Waals surface area contributed by atoms with Crippen molar-refractivity contribution in [1.82, 2.24) is 15.5 Å². The average molecular weight is 410 g/mol. The van der Waals surface area contributed by atoms with Gasteiger partial charge in [-0.15, -0.1) is 12.4 Å². The van der Waals surface area contributed by atoms with Crippen LogP contribution in [0.5, 0.6) is 5.75 Å². The number of methoxy groups -OCH3 is 1. The highest BCUT2D eigenvalue weighted by molar-refractivity contribution is 5.97. The molecule has 1 unspecified atom stereocenters. The van der Waals surface area contributed by atoms with Crippen molar-refractivity contribution < 1.29 is 14.3 Å². The Morgan fingerprint density at radius 2 is 1.68 bits per heavy atom. The highest BCUT2D eigenvalue weighted by Crippen LogP contribution is 2.27. The van der Waals surface area contributed by atoms with Crippen LogP contribution >= 0.6 is 12.4 Å². The second kappa shape index (κ2) is 10.1. The summed E-state index contributed by atoms with van der Waals surface area (Å²) >= 11 is 0. The summed E-state index contributed by atoms with van der Waals surface area (Å²) in [7, 11) is 1.59. The molecule has 2 aliphatic rings. The molecule has 3 atom stereocenters. The van der Waals surface area contributed by atoms with Crippen molar-refractivity contribution in [3.05, 3.63) is 29.8 Å². The maximum Gasteiger partial charge on any atom is 0.251 e. The van der Waals surface area contributed by atoms with Crippen molar-refractivity contribution in [3.8, 4) is 5.75 Å². The Kier molecular flexibility index (Phi) is 8.13. The molecule has 0 saturated carbocycles. The van der Waals surface area contributed by atoms with E-state index in [1.54, 1.807) is 31.4 Å². The highest BCUT2D eigenvalue weighted by atomic mass is 35.5. The first kappa shape index (κ1) is 22.5.